The summed E-state index contributed by atoms with van der Waals surface area (Å²) in [6.07, 6.45) is 3.58. The average molecular weight is 405 g/mol. The number of H-pyrrole nitrogens is 1. The van der Waals surface area contributed by atoms with Crippen molar-refractivity contribution in [3.63, 3.8) is 0 Å². The van der Waals surface area contributed by atoms with E-state index in [-0.39, 0.29) is 36.5 Å². The minimum atomic E-state index is -0.280. The molecule has 2 heterocycles. The molecule has 1 aliphatic heterocycles. The molecule has 2 aromatic rings. The van der Waals surface area contributed by atoms with Crippen LogP contribution in [0, 0.1) is 17.7 Å². The van der Waals surface area contributed by atoms with Crippen molar-refractivity contribution in [3.8, 4) is 0 Å². The van der Waals surface area contributed by atoms with E-state index in [9.17, 15) is 9.18 Å². The van der Waals surface area contributed by atoms with E-state index >= 15 is 0 Å². The van der Waals surface area contributed by atoms with Gasteiger partial charge in [0.15, 0.2) is 0 Å². The first-order valence-corrected chi connectivity index (χ1v) is 8.73. The fraction of sp³-hybridized carbons (Fsp3) is 0.556. The molecule has 3 N–H and O–H groups in total. The second-order valence-corrected chi connectivity index (χ2v) is 6.73. The highest BCUT2D eigenvalue weighted by molar-refractivity contribution is 5.85. The Morgan fingerprint density at radius 2 is 2.23 bits per heavy atom. The molecule has 0 saturated carbocycles. The summed E-state index contributed by atoms with van der Waals surface area (Å²) in [6, 6.07) is 4.49. The van der Waals surface area contributed by atoms with Crippen LogP contribution in [0.25, 0.3) is 11.0 Å². The topological polar surface area (TPSA) is 69.8 Å². The molecular formula is C18H27Cl2FN4O. The van der Waals surface area contributed by atoms with Gasteiger partial charge in [-0.3, -0.25) is 4.79 Å². The molecule has 3 rings (SSSR count). The Morgan fingerprint density at radius 3 is 2.96 bits per heavy atom. The van der Waals surface area contributed by atoms with Crippen molar-refractivity contribution in [2.75, 3.05) is 19.6 Å². The van der Waals surface area contributed by atoms with Crippen LogP contribution in [-0.2, 0) is 11.2 Å². The van der Waals surface area contributed by atoms with Crippen molar-refractivity contribution in [1.29, 1.82) is 0 Å². The third-order valence-corrected chi connectivity index (χ3v) is 4.82. The fourth-order valence-electron chi connectivity index (χ4n) is 3.37. The molecule has 0 spiro atoms. The molecule has 0 aliphatic carbocycles. The first-order chi connectivity index (χ1) is 11.6. The summed E-state index contributed by atoms with van der Waals surface area (Å²) in [6.45, 7) is 4.81. The number of aromatic amines is 1. The van der Waals surface area contributed by atoms with Gasteiger partial charge in [0.2, 0.25) is 5.91 Å². The minimum Gasteiger partial charge on any atom is -0.356 e. The number of imidazole rings is 1. The predicted molar refractivity (Wildman–Crippen MR) is 107 cm³/mol. The third-order valence-electron chi connectivity index (χ3n) is 4.82. The number of carbonyl (C=O) groups excluding carboxylic acids is 1. The Balaban J connectivity index is 0.00000169. The van der Waals surface area contributed by atoms with Crippen molar-refractivity contribution >= 4 is 41.8 Å². The Hall–Kier alpha value is -1.37. The molecule has 1 amide bonds. The van der Waals surface area contributed by atoms with E-state index in [2.05, 4.69) is 27.5 Å². The molecule has 2 atom stereocenters. The first kappa shape index (κ1) is 22.7. The van der Waals surface area contributed by atoms with Crippen LogP contribution >= 0.6 is 24.8 Å². The van der Waals surface area contributed by atoms with Crippen molar-refractivity contribution < 1.29 is 9.18 Å². The standard InChI is InChI=1S/C18H25FN4O.2ClH/c1-12(13-3-2-7-20-11-13)9-18(24)21-8-6-17-22-15-5-4-14(19)10-16(15)23-17;;/h4-5,10,12-13,20H,2-3,6-9,11H2,1H3,(H,21,24)(H,22,23);2*1H. The van der Waals surface area contributed by atoms with Crippen molar-refractivity contribution in [1.82, 2.24) is 20.6 Å². The SMILES string of the molecule is CC(CC(=O)NCCc1nc2ccc(F)cc2[nH]1)C1CCCNC1.Cl.Cl. The van der Waals surface area contributed by atoms with Gasteiger partial charge in [0, 0.05) is 19.4 Å². The molecule has 8 heteroatoms. The van der Waals surface area contributed by atoms with E-state index in [1.807, 2.05) is 0 Å². The number of hydrogen-bond acceptors (Lipinski definition) is 3. The summed E-state index contributed by atoms with van der Waals surface area (Å²) >= 11 is 0. The second-order valence-electron chi connectivity index (χ2n) is 6.73. The molecule has 1 aromatic carbocycles. The summed E-state index contributed by atoms with van der Waals surface area (Å²) in [7, 11) is 0. The van der Waals surface area contributed by atoms with E-state index in [0.717, 1.165) is 24.4 Å². The lowest BCUT2D eigenvalue weighted by atomic mass is 9.85. The third kappa shape index (κ3) is 6.11. The summed E-state index contributed by atoms with van der Waals surface area (Å²) < 4.78 is 13.2. The van der Waals surface area contributed by atoms with Gasteiger partial charge in [0.25, 0.3) is 0 Å². The molecule has 26 heavy (non-hydrogen) atoms. The summed E-state index contributed by atoms with van der Waals surface area (Å²) in [4.78, 5) is 19.6. The maximum Gasteiger partial charge on any atom is 0.220 e. The van der Waals surface area contributed by atoms with Crippen molar-refractivity contribution in [2.24, 2.45) is 11.8 Å². The van der Waals surface area contributed by atoms with Crippen LogP contribution < -0.4 is 10.6 Å². The number of halogens is 3. The number of piperidine rings is 1. The monoisotopic (exact) mass is 404 g/mol. The Kier molecular flexibility index (Phi) is 9.33. The van der Waals surface area contributed by atoms with Gasteiger partial charge >= 0.3 is 0 Å². The zero-order valence-electron chi connectivity index (χ0n) is 14.9. The van der Waals surface area contributed by atoms with E-state index in [4.69, 9.17) is 0 Å². The predicted octanol–water partition coefficient (Wildman–Crippen LogP) is 3.23. The van der Waals surface area contributed by atoms with E-state index in [1.165, 1.54) is 25.0 Å². The first-order valence-electron chi connectivity index (χ1n) is 8.73. The largest absolute Gasteiger partial charge is 0.356 e. The van der Waals surface area contributed by atoms with E-state index < -0.39 is 0 Å². The lowest BCUT2D eigenvalue weighted by Crippen LogP contribution is -2.36. The van der Waals surface area contributed by atoms with Gasteiger partial charge < -0.3 is 15.6 Å². The van der Waals surface area contributed by atoms with Crippen molar-refractivity contribution in [3.05, 3.63) is 29.8 Å². The number of hydrogen-bond donors (Lipinski definition) is 3. The van der Waals surface area contributed by atoms with Crippen LogP contribution in [-0.4, -0.2) is 35.5 Å². The van der Waals surface area contributed by atoms with Crippen LogP contribution in [0.5, 0.6) is 0 Å². The molecule has 1 fully saturated rings. The maximum atomic E-state index is 13.2. The zero-order chi connectivity index (χ0) is 16.9. The van der Waals surface area contributed by atoms with Gasteiger partial charge in [0.05, 0.1) is 11.0 Å². The van der Waals surface area contributed by atoms with E-state index in [0.29, 0.717) is 36.7 Å². The van der Waals surface area contributed by atoms with Crippen LogP contribution in [0.4, 0.5) is 4.39 Å². The number of benzene rings is 1. The number of nitrogens with zero attached hydrogens (tertiary/aromatic N) is 1. The Bertz CT molecular complexity index is 704. The number of carbonyl (C=O) groups is 1. The average Bonchev–Trinajstić information content (AvgIpc) is 2.97. The molecule has 5 nitrogen and oxygen atoms in total. The number of amides is 1. The molecule has 1 aliphatic rings. The van der Waals surface area contributed by atoms with Gasteiger partial charge in [-0.1, -0.05) is 6.92 Å². The van der Waals surface area contributed by atoms with Gasteiger partial charge in [-0.25, -0.2) is 9.37 Å². The molecule has 0 bridgehead atoms. The van der Waals surface area contributed by atoms with Gasteiger partial charge in [-0.15, -0.1) is 24.8 Å². The highest BCUT2D eigenvalue weighted by atomic mass is 35.5. The second kappa shape index (κ2) is 10.7. The maximum absolute atomic E-state index is 13.2. The molecule has 1 aromatic heterocycles. The number of rotatable bonds is 6. The lowest BCUT2D eigenvalue weighted by Gasteiger charge is -2.28. The summed E-state index contributed by atoms with van der Waals surface area (Å²) in [5.74, 6) is 1.56. The Morgan fingerprint density at radius 1 is 1.42 bits per heavy atom. The molecular weight excluding hydrogens is 378 g/mol. The summed E-state index contributed by atoms with van der Waals surface area (Å²) in [5, 5.41) is 6.36. The van der Waals surface area contributed by atoms with Crippen molar-refractivity contribution in [2.45, 2.75) is 32.6 Å². The number of nitrogens with one attached hydrogen (secondary N) is 3. The molecule has 146 valence electrons. The van der Waals surface area contributed by atoms with E-state index in [1.54, 1.807) is 6.07 Å². The highest BCUT2D eigenvalue weighted by Crippen LogP contribution is 2.22. The van der Waals surface area contributed by atoms with Crippen LogP contribution in [0.2, 0.25) is 0 Å². The fourth-order valence-corrected chi connectivity index (χ4v) is 3.37. The van der Waals surface area contributed by atoms with Gasteiger partial charge in [-0.2, -0.15) is 0 Å². The normalized spacial score (nSPS) is 17.8. The van der Waals surface area contributed by atoms with Crippen LogP contribution in [0.1, 0.15) is 32.0 Å². The molecule has 0 radical (unpaired) electrons. The lowest BCUT2D eigenvalue weighted by molar-refractivity contribution is -0.122. The zero-order valence-corrected chi connectivity index (χ0v) is 16.5. The minimum absolute atomic E-state index is 0. The van der Waals surface area contributed by atoms with Gasteiger partial charge in [-0.05, 0) is 56.0 Å². The molecule has 1 saturated heterocycles. The highest BCUT2D eigenvalue weighted by Gasteiger charge is 2.21. The van der Waals surface area contributed by atoms with Gasteiger partial charge in [0.1, 0.15) is 11.6 Å². The quantitative estimate of drug-likeness (QED) is 0.691. The number of aromatic nitrogens is 2. The van der Waals surface area contributed by atoms with Crippen LogP contribution in [0.15, 0.2) is 18.2 Å². The van der Waals surface area contributed by atoms with Crippen LogP contribution in [0.3, 0.4) is 0 Å². The smallest absolute Gasteiger partial charge is 0.220 e. The summed E-state index contributed by atoms with van der Waals surface area (Å²) in [5.41, 5.74) is 1.44. The number of fused-ring (bicyclic) bond motifs is 1. The molecule has 2 unspecified atom stereocenters. The Labute approximate surface area is 165 Å².